The van der Waals surface area contributed by atoms with Gasteiger partial charge in [-0.2, -0.15) is 0 Å². The van der Waals surface area contributed by atoms with Crippen molar-refractivity contribution in [1.82, 2.24) is 15.2 Å². The molecule has 4 heterocycles. The number of thiophene rings is 1. The van der Waals surface area contributed by atoms with Gasteiger partial charge in [0.1, 0.15) is 29.3 Å². The Bertz CT molecular complexity index is 3260. The molecule has 3 atom stereocenters. The predicted octanol–water partition coefficient (Wildman–Crippen LogP) is 12.8. The number of hydrogen-bond donors (Lipinski definition) is 2. The van der Waals surface area contributed by atoms with Crippen LogP contribution in [0.3, 0.4) is 0 Å². The summed E-state index contributed by atoms with van der Waals surface area (Å²) in [7, 11) is 0. The number of nitrogens with one attached hydrogen (secondary N) is 2. The number of aliphatic imine (C=N–C) groups is 1. The van der Waals surface area contributed by atoms with E-state index in [1.165, 1.54) is 53.1 Å². The number of benzene rings is 7. The lowest BCUT2D eigenvalue weighted by Gasteiger charge is -2.35. The Morgan fingerprint density at radius 3 is 2.16 bits per heavy atom. The Morgan fingerprint density at radius 1 is 0.596 bits per heavy atom. The quantitative estimate of drug-likeness (QED) is 0.184. The maximum absolute atomic E-state index is 6.65. The van der Waals surface area contributed by atoms with E-state index >= 15 is 0 Å². The fourth-order valence-electron chi connectivity index (χ4n) is 9.17. The molecule has 2 N–H and O–H groups in total. The van der Waals surface area contributed by atoms with Crippen LogP contribution in [0.5, 0.6) is 0 Å². The standard InChI is InChI=1S/C51H36N4OS/c1-3-13-31(14-4-1)49-52-50(32-15-5-2-6-16-32)54-51(53-49)39-19-11-24-45-47(39)38-28-26-34(30-46(38)57-45)33-25-27-37-44(29-33)56-43-23-12-22-42(48(37)43)55-40-20-9-7-17-35(40)36-18-8-10-21-41(36)55/h1-15,17-30,32,50-51,54H,16H2,(H,52,53). The molecule has 6 heteroatoms. The maximum atomic E-state index is 6.65. The molecule has 5 nitrogen and oxygen atoms in total. The van der Waals surface area contributed by atoms with Crippen molar-refractivity contribution in [3.8, 4) is 16.8 Å². The summed E-state index contributed by atoms with van der Waals surface area (Å²) in [6, 6.07) is 54.5. The van der Waals surface area contributed by atoms with Crippen LogP contribution in [0.4, 0.5) is 0 Å². The Kier molecular flexibility index (Phi) is 7.37. The fraction of sp³-hybridized carbons (Fsp3) is 0.0784. The SMILES string of the molecule is C1=CCC(C2N=C(c3ccccc3)NC(c3cccc4sc5cc(-c6ccc7c(c6)oc6cccc(-n8c9ccccc9c9ccccc98)c67)ccc5c34)N2)C=C1. The largest absolute Gasteiger partial charge is 0.456 e. The monoisotopic (exact) mass is 752 g/mol. The maximum Gasteiger partial charge on any atom is 0.137 e. The van der Waals surface area contributed by atoms with Gasteiger partial charge >= 0.3 is 0 Å². The normalized spacial score (nSPS) is 18.3. The molecule has 12 rings (SSSR count). The van der Waals surface area contributed by atoms with Gasteiger partial charge in [-0.1, -0.05) is 127 Å². The van der Waals surface area contributed by atoms with E-state index in [-0.39, 0.29) is 18.2 Å². The van der Waals surface area contributed by atoms with Gasteiger partial charge < -0.3 is 14.3 Å². The molecule has 0 saturated carbocycles. The molecular formula is C51H36N4OS. The van der Waals surface area contributed by atoms with Gasteiger partial charge in [0.05, 0.1) is 22.1 Å². The van der Waals surface area contributed by atoms with Gasteiger partial charge in [0, 0.05) is 47.8 Å². The predicted molar refractivity (Wildman–Crippen MR) is 239 cm³/mol. The number of rotatable bonds is 5. The summed E-state index contributed by atoms with van der Waals surface area (Å²) in [5, 5.41) is 15.0. The molecule has 0 spiro atoms. The van der Waals surface area contributed by atoms with E-state index in [1.54, 1.807) is 0 Å². The van der Waals surface area contributed by atoms with Crippen molar-refractivity contribution in [1.29, 1.82) is 0 Å². The van der Waals surface area contributed by atoms with Gasteiger partial charge in [0.2, 0.25) is 0 Å². The van der Waals surface area contributed by atoms with Crippen LogP contribution < -0.4 is 10.6 Å². The summed E-state index contributed by atoms with van der Waals surface area (Å²) in [6.45, 7) is 0. The number of fused-ring (bicyclic) bond motifs is 9. The van der Waals surface area contributed by atoms with Crippen molar-refractivity contribution in [2.24, 2.45) is 10.9 Å². The third kappa shape index (κ3) is 5.22. The highest BCUT2D eigenvalue weighted by Gasteiger charge is 2.30. The summed E-state index contributed by atoms with van der Waals surface area (Å²) in [4.78, 5) is 5.21. The molecule has 1 aliphatic carbocycles. The van der Waals surface area contributed by atoms with Crippen molar-refractivity contribution < 1.29 is 4.42 Å². The summed E-state index contributed by atoms with van der Waals surface area (Å²) >= 11 is 1.85. The molecule has 0 radical (unpaired) electrons. The van der Waals surface area contributed by atoms with E-state index in [1.807, 2.05) is 11.3 Å². The number of furan rings is 1. The van der Waals surface area contributed by atoms with E-state index < -0.39 is 0 Å². The van der Waals surface area contributed by atoms with Crippen LogP contribution in [0, 0.1) is 5.92 Å². The zero-order chi connectivity index (χ0) is 37.5. The van der Waals surface area contributed by atoms with Crippen molar-refractivity contribution in [2.45, 2.75) is 18.8 Å². The minimum Gasteiger partial charge on any atom is -0.456 e. The second-order valence-electron chi connectivity index (χ2n) is 15.1. The minimum absolute atomic E-state index is 0.0503. The molecule has 7 aromatic carbocycles. The van der Waals surface area contributed by atoms with Crippen molar-refractivity contribution in [3.05, 3.63) is 187 Å². The van der Waals surface area contributed by atoms with Crippen molar-refractivity contribution in [3.63, 3.8) is 0 Å². The third-order valence-electron chi connectivity index (χ3n) is 11.8. The van der Waals surface area contributed by atoms with Gasteiger partial charge in [-0.15, -0.1) is 11.3 Å². The van der Waals surface area contributed by atoms with Crippen LogP contribution in [0.15, 0.2) is 185 Å². The van der Waals surface area contributed by atoms with Crippen LogP contribution in [0.2, 0.25) is 0 Å². The van der Waals surface area contributed by atoms with E-state index in [2.05, 4.69) is 191 Å². The molecule has 3 unspecified atom stereocenters. The lowest BCUT2D eigenvalue weighted by Crippen LogP contribution is -2.50. The fourth-order valence-corrected chi connectivity index (χ4v) is 10.3. The summed E-state index contributed by atoms with van der Waals surface area (Å²) in [5.41, 5.74) is 9.92. The Morgan fingerprint density at radius 2 is 1.35 bits per heavy atom. The van der Waals surface area contributed by atoms with Gasteiger partial charge in [0.15, 0.2) is 0 Å². The molecule has 272 valence electrons. The van der Waals surface area contributed by atoms with E-state index in [0.29, 0.717) is 0 Å². The van der Waals surface area contributed by atoms with Crippen LogP contribution >= 0.6 is 11.3 Å². The summed E-state index contributed by atoms with van der Waals surface area (Å²) in [6.07, 6.45) is 9.59. The highest BCUT2D eigenvalue weighted by Crippen LogP contribution is 2.43. The topological polar surface area (TPSA) is 54.5 Å². The number of amidine groups is 1. The second-order valence-corrected chi connectivity index (χ2v) is 16.2. The van der Waals surface area contributed by atoms with Crippen LogP contribution in [-0.2, 0) is 0 Å². The van der Waals surface area contributed by atoms with Crippen LogP contribution in [0.1, 0.15) is 23.7 Å². The first-order chi connectivity index (χ1) is 28.2. The van der Waals surface area contributed by atoms with Gasteiger partial charge in [0.25, 0.3) is 0 Å². The van der Waals surface area contributed by atoms with Crippen molar-refractivity contribution in [2.75, 3.05) is 0 Å². The smallest absolute Gasteiger partial charge is 0.137 e. The highest BCUT2D eigenvalue weighted by atomic mass is 32.1. The molecule has 1 aliphatic heterocycles. The van der Waals surface area contributed by atoms with Crippen LogP contribution in [0.25, 0.3) is 80.7 Å². The number of nitrogens with zero attached hydrogens (tertiary/aromatic N) is 2. The van der Waals surface area contributed by atoms with Crippen molar-refractivity contribution >= 4 is 81.1 Å². The lowest BCUT2D eigenvalue weighted by molar-refractivity contribution is 0.340. The molecule has 0 saturated heterocycles. The van der Waals surface area contributed by atoms with Gasteiger partial charge in [-0.25, -0.2) is 4.99 Å². The average molecular weight is 753 g/mol. The molecule has 57 heavy (non-hydrogen) atoms. The lowest BCUT2D eigenvalue weighted by atomic mass is 9.95. The van der Waals surface area contributed by atoms with E-state index in [4.69, 9.17) is 9.41 Å². The number of para-hydroxylation sites is 2. The molecule has 10 aromatic rings. The number of allylic oxidation sites excluding steroid dienone is 3. The zero-order valence-corrected chi connectivity index (χ0v) is 31.7. The molecule has 0 fully saturated rings. The molecule has 0 amide bonds. The number of aromatic nitrogens is 1. The Labute approximate surface area is 332 Å². The first-order valence-corrected chi connectivity index (χ1v) is 20.5. The second kappa shape index (κ2) is 12.9. The molecule has 2 aliphatic rings. The van der Waals surface area contributed by atoms with Crippen LogP contribution in [-0.4, -0.2) is 16.6 Å². The van der Waals surface area contributed by atoms with Gasteiger partial charge in [-0.3, -0.25) is 5.32 Å². The van der Waals surface area contributed by atoms with E-state index in [9.17, 15) is 0 Å². The first-order valence-electron chi connectivity index (χ1n) is 19.6. The number of hydrogen-bond acceptors (Lipinski definition) is 5. The van der Waals surface area contributed by atoms with Gasteiger partial charge in [-0.05, 0) is 71.6 Å². The summed E-state index contributed by atoms with van der Waals surface area (Å²) in [5.74, 6) is 1.21. The third-order valence-corrected chi connectivity index (χ3v) is 12.9. The Balaban J connectivity index is 0.939. The average Bonchev–Trinajstić information content (AvgIpc) is 3.96. The summed E-state index contributed by atoms with van der Waals surface area (Å²) < 4.78 is 11.6. The molecular weight excluding hydrogens is 717 g/mol. The zero-order valence-electron chi connectivity index (χ0n) is 30.9. The minimum atomic E-state index is -0.105. The highest BCUT2D eigenvalue weighted by molar-refractivity contribution is 7.25. The van der Waals surface area contributed by atoms with E-state index in [0.717, 1.165) is 51.0 Å². The molecule has 0 bridgehead atoms. The first kappa shape index (κ1) is 32.5. The Hall–Kier alpha value is -6.73. The molecule has 3 aromatic heterocycles.